The summed E-state index contributed by atoms with van der Waals surface area (Å²) in [5.41, 5.74) is 5.84. The molecule has 0 saturated carbocycles. The number of aromatic nitrogens is 3. The standard InChI is InChI=1S/C15H19N5OS.2ClH/c1-10-3-6-20(11(7-10)8-16)15(21)12-9-19-14(22-12)13-17-4-2-5-18-13;;/h2,4-5,9-11H,3,6-8,16H2,1H3;2*1H. The van der Waals surface area contributed by atoms with Gasteiger partial charge in [0, 0.05) is 31.5 Å². The van der Waals surface area contributed by atoms with E-state index in [-0.39, 0.29) is 36.8 Å². The summed E-state index contributed by atoms with van der Waals surface area (Å²) < 4.78 is 0. The van der Waals surface area contributed by atoms with Crippen LogP contribution in [0.4, 0.5) is 0 Å². The molecule has 1 aliphatic heterocycles. The smallest absolute Gasteiger partial charge is 0.265 e. The number of piperidine rings is 1. The minimum absolute atomic E-state index is 0. The van der Waals surface area contributed by atoms with Crippen LogP contribution in [-0.4, -0.2) is 44.9 Å². The van der Waals surface area contributed by atoms with E-state index in [1.807, 2.05) is 4.90 Å². The Balaban J connectivity index is 0.00000144. The van der Waals surface area contributed by atoms with Crippen molar-refractivity contribution in [3.8, 4) is 10.8 Å². The largest absolute Gasteiger partial charge is 0.334 e. The number of carbonyl (C=O) groups is 1. The molecule has 24 heavy (non-hydrogen) atoms. The summed E-state index contributed by atoms with van der Waals surface area (Å²) in [7, 11) is 0. The van der Waals surface area contributed by atoms with Crippen LogP contribution >= 0.6 is 36.2 Å². The first kappa shape index (κ1) is 20.8. The number of hydrogen-bond acceptors (Lipinski definition) is 6. The molecule has 0 bridgehead atoms. The fourth-order valence-electron chi connectivity index (χ4n) is 2.77. The number of halogens is 2. The van der Waals surface area contributed by atoms with E-state index in [4.69, 9.17) is 5.73 Å². The summed E-state index contributed by atoms with van der Waals surface area (Å²) in [5, 5.41) is 0.665. The Labute approximate surface area is 157 Å². The first-order valence-electron chi connectivity index (χ1n) is 7.43. The van der Waals surface area contributed by atoms with Crippen LogP contribution in [0.2, 0.25) is 0 Å². The van der Waals surface area contributed by atoms with Crippen LogP contribution in [0.5, 0.6) is 0 Å². The monoisotopic (exact) mass is 389 g/mol. The summed E-state index contributed by atoms with van der Waals surface area (Å²) in [5.74, 6) is 1.18. The number of amides is 1. The molecule has 2 aromatic heterocycles. The van der Waals surface area contributed by atoms with E-state index >= 15 is 0 Å². The molecule has 3 rings (SSSR count). The van der Waals surface area contributed by atoms with Gasteiger partial charge in [0.05, 0.1) is 6.20 Å². The Morgan fingerprint density at radius 2 is 2.04 bits per heavy atom. The summed E-state index contributed by atoms with van der Waals surface area (Å²) >= 11 is 1.33. The van der Waals surface area contributed by atoms with Crippen LogP contribution in [0.15, 0.2) is 24.7 Å². The first-order chi connectivity index (χ1) is 10.7. The third-order valence-corrected chi connectivity index (χ3v) is 4.97. The molecule has 2 atom stereocenters. The van der Waals surface area contributed by atoms with Gasteiger partial charge in [-0.2, -0.15) is 0 Å². The van der Waals surface area contributed by atoms with E-state index in [0.29, 0.717) is 28.2 Å². The van der Waals surface area contributed by atoms with Crippen LogP contribution in [0.25, 0.3) is 10.8 Å². The highest BCUT2D eigenvalue weighted by Gasteiger charge is 2.30. The van der Waals surface area contributed by atoms with Gasteiger partial charge in [0.1, 0.15) is 4.88 Å². The van der Waals surface area contributed by atoms with Crippen molar-refractivity contribution < 1.29 is 4.79 Å². The van der Waals surface area contributed by atoms with Gasteiger partial charge >= 0.3 is 0 Å². The highest BCUT2D eigenvalue weighted by molar-refractivity contribution is 7.16. The SMILES string of the molecule is CC1CCN(C(=O)c2cnc(-c3ncccn3)s2)C(CN)C1.Cl.Cl. The van der Waals surface area contributed by atoms with Crippen LogP contribution in [0, 0.1) is 5.92 Å². The summed E-state index contributed by atoms with van der Waals surface area (Å²) in [4.78, 5) is 27.9. The molecule has 0 radical (unpaired) electrons. The quantitative estimate of drug-likeness (QED) is 0.871. The molecule has 1 amide bonds. The van der Waals surface area contributed by atoms with E-state index in [9.17, 15) is 4.79 Å². The van der Waals surface area contributed by atoms with Crippen molar-refractivity contribution >= 4 is 42.1 Å². The average molecular weight is 390 g/mol. The minimum atomic E-state index is 0. The average Bonchev–Trinajstić information content (AvgIpc) is 3.05. The molecule has 6 nitrogen and oxygen atoms in total. The van der Waals surface area contributed by atoms with Gasteiger partial charge in [0.2, 0.25) is 0 Å². The predicted octanol–water partition coefficient (Wildman–Crippen LogP) is 2.64. The summed E-state index contributed by atoms with van der Waals surface area (Å²) in [6.07, 6.45) is 6.94. The number of likely N-dealkylation sites (tertiary alicyclic amines) is 1. The number of rotatable bonds is 3. The molecule has 132 valence electrons. The summed E-state index contributed by atoms with van der Waals surface area (Å²) in [6.45, 7) is 3.47. The van der Waals surface area contributed by atoms with Gasteiger partial charge in [-0.3, -0.25) is 4.79 Å². The lowest BCUT2D eigenvalue weighted by atomic mass is 9.92. The first-order valence-corrected chi connectivity index (χ1v) is 8.25. The van der Waals surface area contributed by atoms with Crippen LogP contribution < -0.4 is 5.73 Å². The molecular formula is C15H21Cl2N5OS. The number of nitrogens with two attached hydrogens (primary N) is 1. The maximum Gasteiger partial charge on any atom is 0.265 e. The van der Waals surface area contributed by atoms with Gasteiger partial charge in [-0.1, -0.05) is 6.92 Å². The molecule has 0 spiro atoms. The zero-order valence-electron chi connectivity index (χ0n) is 13.3. The maximum atomic E-state index is 12.7. The van der Waals surface area contributed by atoms with Crippen LogP contribution in [-0.2, 0) is 0 Å². The fraction of sp³-hybridized carbons (Fsp3) is 0.467. The second-order valence-corrected chi connectivity index (χ2v) is 6.65. The zero-order valence-corrected chi connectivity index (χ0v) is 15.7. The van der Waals surface area contributed by atoms with Crippen molar-refractivity contribution in [2.45, 2.75) is 25.8 Å². The van der Waals surface area contributed by atoms with Gasteiger partial charge in [0.25, 0.3) is 5.91 Å². The normalized spacial score (nSPS) is 20.0. The molecule has 1 saturated heterocycles. The van der Waals surface area contributed by atoms with Gasteiger partial charge in [-0.25, -0.2) is 15.0 Å². The fourth-order valence-corrected chi connectivity index (χ4v) is 3.59. The van der Waals surface area contributed by atoms with Crippen molar-refractivity contribution in [2.75, 3.05) is 13.1 Å². The second-order valence-electron chi connectivity index (χ2n) is 5.62. The molecular weight excluding hydrogens is 369 g/mol. The highest BCUT2D eigenvalue weighted by Crippen LogP contribution is 2.27. The molecule has 2 N–H and O–H groups in total. The minimum Gasteiger partial charge on any atom is -0.334 e. The lowest BCUT2D eigenvalue weighted by molar-refractivity contribution is 0.0578. The Bertz CT molecular complexity index is 654. The summed E-state index contributed by atoms with van der Waals surface area (Å²) in [6, 6.07) is 1.87. The third kappa shape index (κ3) is 4.42. The Morgan fingerprint density at radius 1 is 1.33 bits per heavy atom. The van der Waals surface area contributed by atoms with Crippen LogP contribution in [0.1, 0.15) is 29.4 Å². The maximum absolute atomic E-state index is 12.7. The van der Waals surface area contributed by atoms with E-state index in [1.54, 1.807) is 24.7 Å². The number of carbonyl (C=O) groups excluding carboxylic acids is 1. The Hall–Kier alpha value is -1.28. The van der Waals surface area contributed by atoms with Crippen molar-refractivity contribution in [2.24, 2.45) is 11.7 Å². The van der Waals surface area contributed by atoms with Crippen LogP contribution in [0.3, 0.4) is 0 Å². The molecule has 0 aliphatic carbocycles. The Morgan fingerprint density at radius 3 is 2.71 bits per heavy atom. The second kappa shape index (κ2) is 9.27. The van der Waals surface area contributed by atoms with E-state index < -0.39 is 0 Å². The lowest BCUT2D eigenvalue weighted by Gasteiger charge is -2.37. The molecule has 3 heterocycles. The van der Waals surface area contributed by atoms with Gasteiger partial charge in [0.15, 0.2) is 10.8 Å². The highest BCUT2D eigenvalue weighted by atomic mass is 35.5. The van der Waals surface area contributed by atoms with Crippen molar-refractivity contribution in [1.82, 2.24) is 19.9 Å². The van der Waals surface area contributed by atoms with Crippen molar-refractivity contribution in [3.05, 3.63) is 29.5 Å². The molecule has 2 aromatic rings. The van der Waals surface area contributed by atoms with E-state index in [0.717, 1.165) is 19.4 Å². The number of hydrogen-bond donors (Lipinski definition) is 1. The number of nitrogens with zero attached hydrogens (tertiary/aromatic N) is 4. The molecule has 9 heteroatoms. The topological polar surface area (TPSA) is 85.0 Å². The van der Waals surface area contributed by atoms with Crippen molar-refractivity contribution in [3.63, 3.8) is 0 Å². The Kier molecular flexibility index (Phi) is 8.02. The van der Waals surface area contributed by atoms with Gasteiger partial charge in [-0.05, 0) is 24.8 Å². The van der Waals surface area contributed by atoms with Crippen molar-refractivity contribution in [1.29, 1.82) is 0 Å². The van der Waals surface area contributed by atoms with E-state index in [2.05, 4.69) is 21.9 Å². The molecule has 2 unspecified atom stereocenters. The lowest BCUT2D eigenvalue weighted by Crippen LogP contribution is -2.49. The molecule has 1 aliphatic rings. The van der Waals surface area contributed by atoms with E-state index in [1.165, 1.54) is 11.3 Å². The van der Waals surface area contributed by atoms with Gasteiger partial charge in [-0.15, -0.1) is 36.2 Å². The molecule has 1 fully saturated rings. The van der Waals surface area contributed by atoms with Gasteiger partial charge < -0.3 is 10.6 Å². The molecule has 0 aromatic carbocycles. The third-order valence-electron chi connectivity index (χ3n) is 3.98. The predicted molar refractivity (Wildman–Crippen MR) is 99.9 cm³/mol. The zero-order chi connectivity index (χ0) is 15.5. The number of thiazole rings is 1.